The number of ketones is 3. The Hall–Kier alpha value is -7.49. The lowest BCUT2D eigenvalue weighted by Gasteiger charge is -2.27. The molecule has 25 N–H and O–H groups in total. The van der Waals surface area contributed by atoms with Gasteiger partial charge >= 0.3 is 0 Å². The fraction of sp³-hybridized carbons (Fsp3) is 0.627. The molecule has 0 fully saturated rings. The van der Waals surface area contributed by atoms with E-state index < -0.39 is 140 Å². The highest BCUT2D eigenvalue weighted by Gasteiger charge is 2.36. The van der Waals surface area contributed by atoms with E-state index in [0.29, 0.717) is 0 Å². The normalized spacial score (nSPS) is 18.7. The molecule has 476 valence electrons. The third-order valence-electron chi connectivity index (χ3n) is 13.1. The number of hydrogen-bond acceptors (Lipinski definition) is 16. The first-order valence-electron chi connectivity index (χ1n) is 27.5. The first-order chi connectivity index (χ1) is 40.1. The molecule has 1 aromatic carbocycles. The predicted octanol–water partition coefficient (Wildman–Crippen LogP) is -1.69. The van der Waals surface area contributed by atoms with Crippen molar-refractivity contribution in [2.24, 2.45) is 83.4 Å². The number of benzene rings is 1. The lowest BCUT2D eigenvalue weighted by Crippen LogP contribution is -2.59. The van der Waals surface area contributed by atoms with Gasteiger partial charge in [-0.3, -0.25) is 63.7 Å². The van der Waals surface area contributed by atoms with Gasteiger partial charge in [0, 0.05) is 75.2 Å². The predicted molar refractivity (Wildman–Crippen MR) is 317 cm³/mol. The van der Waals surface area contributed by atoms with E-state index in [9.17, 15) is 38.4 Å². The number of amidine groups is 1. The van der Waals surface area contributed by atoms with Crippen LogP contribution in [0, 0.1) is 40.5 Å². The van der Waals surface area contributed by atoms with Crippen molar-refractivity contribution in [1.82, 2.24) is 31.9 Å². The first kappa shape index (κ1) is 73.6. The molecule has 7 atom stereocenters. The number of fused-ring (bicyclic) bond motifs is 18. The molecule has 0 aliphatic carbocycles. The molecule has 0 saturated heterocycles. The standard InChI is InChI=1S/C51H84F4N20O8S2/c1-25(2)33(76)16-17-34(77)27(12-7-19-68-49(60)61)71-43(79)26(10-6-18-67-48(58)59)22-35(78)31-23-84-41-37(52)39(54)42(40(55)38(41)53)85-24-32(66-3)47(83)74-29(13-8-20-69-50(62)63)45(81)72-28(11-4-5-15-36(56)57)44(80)73-30(46(82)75-31)14-9-21-70-51(64)65/h25-32,66H,4-24H2,1-3H3,(H3,56,57)(H,71,79)(H,72,81)(H,73,80)(H,74,83)(H,75,82)(H4,58,59,67)(H4,60,61,68)(H4,62,63,69)(H4,64,65,70). The first-order valence-corrected chi connectivity index (χ1v) is 29.5. The zero-order chi connectivity index (χ0) is 63.9. The number of nitrogens with zero attached hydrogens (tertiary/aromatic N) is 4. The van der Waals surface area contributed by atoms with Gasteiger partial charge < -0.3 is 83.5 Å². The summed E-state index contributed by atoms with van der Waals surface area (Å²) in [5.41, 5.74) is 49.6. The van der Waals surface area contributed by atoms with Crippen molar-refractivity contribution in [1.29, 1.82) is 5.41 Å². The lowest BCUT2D eigenvalue weighted by molar-refractivity contribution is -0.135. The van der Waals surface area contributed by atoms with Gasteiger partial charge in [0.15, 0.2) is 58.7 Å². The Balaban J connectivity index is 2.92. The van der Waals surface area contributed by atoms with Crippen molar-refractivity contribution in [2.75, 3.05) is 44.7 Å². The lowest BCUT2D eigenvalue weighted by atomic mass is 9.92. The average Bonchev–Trinajstić information content (AvgIpc) is 2.67. The van der Waals surface area contributed by atoms with Gasteiger partial charge in [-0.25, -0.2) is 17.6 Å². The summed E-state index contributed by atoms with van der Waals surface area (Å²) in [6.45, 7) is 3.18. The molecule has 7 unspecified atom stereocenters. The molecule has 0 saturated carbocycles. The highest BCUT2D eigenvalue weighted by Crippen LogP contribution is 2.37. The molecule has 2 heterocycles. The van der Waals surface area contributed by atoms with Crippen molar-refractivity contribution in [3.63, 3.8) is 0 Å². The summed E-state index contributed by atoms with van der Waals surface area (Å²) in [6, 6.07) is -9.03. The van der Waals surface area contributed by atoms with Crippen LogP contribution in [0.3, 0.4) is 0 Å². The number of unbranched alkanes of at least 4 members (excludes halogenated alkanes) is 1. The molecule has 0 radical (unpaired) electrons. The molecular formula is C51H84F4N20O8S2. The zero-order valence-corrected chi connectivity index (χ0v) is 49.7. The Morgan fingerprint density at radius 1 is 0.565 bits per heavy atom. The Labute approximate surface area is 499 Å². The van der Waals surface area contributed by atoms with Crippen molar-refractivity contribution in [2.45, 2.75) is 156 Å². The summed E-state index contributed by atoms with van der Waals surface area (Å²) in [5.74, 6) is -18.5. The number of likely N-dealkylation sites (N-methyl/N-ethyl adjacent to an activating group) is 1. The molecule has 28 nitrogen and oxygen atoms in total. The quantitative estimate of drug-likeness (QED) is 0.00956. The molecule has 85 heavy (non-hydrogen) atoms. The molecule has 5 amide bonds. The van der Waals surface area contributed by atoms with Crippen LogP contribution in [-0.2, 0) is 38.4 Å². The molecule has 0 aromatic heterocycles. The Morgan fingerprint density at radius 3 is 1.42 bits per heavy atom. The maximum atomic E-state index is 16.2. The van der Waals surface area contributed by atoms with Gasteiger partial charge in [0.1, 0.15) is 23.9 Å². The van der Waals surface area contributed by atoms with E-state index in [0.717, 1.165) is 0 Å². The van der Waals surface area contributed by atoms with E-state index in [1.54, 1.807) is 13.8 Å². The zero-order valence-electron chi connectivity index (χ0n) is 48.0. The molecule has 34 heteroatoms. The Bertz CT molecular complexity index is 2570. The van der Waals surface area contributed by atoms with E-state index in [-0.39, 0.29) is 175 Å². The fourth-order valence-corrected chi connectivity index (χ4v) is 10.4. The van der Waals surface area contributed by atoms with Crippen LogP contribution in [-0.4, -0.2) is 158 Å². The minimum absolute atomic E-state index is 0.0195. The van der Waals surface area contributed by atoms with Crippen LogP contribution in [0.25, 0.3) is 0 Å². The second kappa shape index (κ2) is 38.5. The van der Waals surface area contributed by atoms with Crippen molar-refractivity contribution in [3.05, 3.63) is 23.3 Å². The summed E-state index contributed by atoms with van der Waals surface area (Å²) in [4.78, 5) is 126. The number of thioether (sulfide) groups is 2. The number of carbonyl (C=O) groups excluding carboxylic acids is 8. The third kappa shape index (κ3) is 27.4. The van der Waals surface area contributed by atoms with Crippen LogP contribution in [0.2, 0.25) is 0 Å². The summed E-state index contributed by atoms with van der Waals surface area (Å²) in [5, 5.41) is 23.2. The van der Waals surface area contributed by atoms with Gasteiger partial charge in [-0.05, 0) is 71.3 Å². The number of Topliss-reactive ketones (excluding diaryl/α,β-unsaturated/α-hetero) is 3. The third-order valence-corrected chi connectivity index (χ3v) is 15.3. The van der Waals surface area contributed by atoms with E-state index in [2.05, 4.69) is 51.9 Å². The number of amides is 5. The maximum Gasteiger partial charge on any atom is 0.243 e. The van der Waals surface area contributed by atoms with Gasteiger partial charge in [-0.1, -0.05) is 20.3 Å². The van der Waals surface area contributed by atoms with Crippen LogP contribution in [0.15, 0.2) is 29.8 Å². The monoisotopic (exact) mass is 1240 g/mol. The number of nitrogens with one attached hydrogen (secondary N) is 7. The molecule has 2 aliphatic rings. The number of hydrogen-bond donors (Lipinski definition) is 16. The van der Waals surface area contributed by atoms with Crippen LogP contribution < -0.4 is 83.5 Å². The largest absolute Gasteiger partial charge is 0.388 e. The number of guanidine groups is 4. The average molecular weight is 1250 g/mol. The molecule has 2 bridgehead atoms. The van der Waals surface area contributed by atoms with Gasteiger partial charge in [0.25, 0.3) is 0 Å². The van der Waals surface area contributed by atoms with Gasteiger partial charge in [0.05, 0.1) is 33.8 Å². The molecular weight excluding hydrogens is 1160 g/mol. The summed E-state index contributed by atoms with van der Waals surface area (Å²) < 4.78 is 64.4. The van der Waals surface area contributed by atoms with Crippen molar-refractivity contribution in [3.8, 4) is 0 Å². The molecule has 1 aromatic rings. The van der Waals surface area contributed by atoms with E-state index >= 15 is 17.6 Å². The number of rotatable bonds is 32. The highest BCUT2D eigenvalue weighted by molar-refractivity contribution is 7.99. The maximum absolute atomic E-state index is 16.2. The number of aliphatic imine (C=N–C) groups is 4. The molecule has 3 rings (SSSR count). The van der Waals surface area contributed by atoms with Crippen LogP contribution in [0.1, 0.15) is 110 Å². The van der Waals surface area contributed by atoms with E-state index in [1.807, 2.05) is 0 Å². The second-order valence-electron chi connectivity index (χ2n) is 20.2. The summed E-state index contributed by atoms with van der Waals surface area (Å²) in [7, 11) is 1.30. The topological polar surface area (TPSA) is 516 Å². The van der Waals surface area contributed by atoms with Crippen LogP contribution in [0.4, 0.5) is 17.6 Å². The van der Waals surface area contributed by atoms with Gasteiger partial charge in [-0.2, -0.15) is 0 Å². The van der Waals surface area contributed by atoms with Crippen LogP contribution >= 0.6 is 23.5 Å². The van der Waals surface area contributed by atoms with Crippen LogP contribution in [0.5, 0.6) is 0 Å². The summed E-state index contributed by atoms with van der Waals surface area (Å²) >= 11 is 0.311. The summed E-state index contributed by atoms with van der Waals surface area (Å²) in [6.07, 6.45) is -1.06. The number of carbonyl (C=O) groups is 8. The molecule has 2 aliphatic heterocycles. The minimum atomic E-state index is -1.90. The van der Waals surface area contributed by atoms with Gasteiger partial charge in [-0.15, -0.1) is 23.5 Å². The number of nitrogens with two attached hydrogens (primary N) is 9. The second-order valence-corrected chi connectivity index (χ2v) is 22.3. The SMILES string of the molecule is CNC1CSc2c(F)c(F)c(c(F)c2F)SCC(C(=O)CC(CCCN=C(N)N)C(=O)NC(CCCN=C(N)N)C(=O)CCC(=O)C(C)C)NC(=O)C(CCCN=C(N)N)NC(=O)C(CCCCC(=N)N)NC(=O)C(CCCN=C(N)N)NC1=O. The molecule has 0 spiro atoms. The van der Waals surface area contributed by atoms with Gasteiger partial charge in [0.2, 0.25) is 29.5 Å². The minimum Gasteiger partial charge on any atom is -0.388 e. The fourth-order valence-electron chi connectivity index (χ4n) is 8.32. The Kier molecular flexibility index (Phi) is 33.3. The Morgan fingerprint density at radius 2 is 0.976 bits per heavy atom. The van der Waals surface area contributed by atoms with Crippen molar-refractivity contribution >= 4 is 100 Å². The number of halogens is 4. The van der Waals surface area contributed by atoms with E-state index in [1.165, 1.54) is 7.05 Å². The smallest absolute Gasteiger partial charge is 0.243 e. The highest BCUT2D eigenvalue weighted by atomic mass is 32.2. The van der Waals surface area contributed by atoms with E-state index in [4.69, 9.17) is 57.0 Å². The van der Waals surface area contributed by atoms with Crippen molar-refractivity contribution < 1.29 is 55.9 Å².